The Morgan fingerprint density at radius 1 is 0.946 bits per heavy atom. The summed E-state index contributed by atoms with van der Waals surface area (Å²) in [5.41, 5.74) is 2.96. The number of fused-ring (bicyclic) bond motifs is 1. The normalized spacial score (nSPS) is 16.4. The van der Waals surface area contributed by atoms with Crippen molar-refractivity contribution in [3.63, 3.8) is 0 Å². The SMILES string of the molecule is CCOc1ccc(C2(CNC(=O)c3cccc(CN4C(=O)c5ccccc5C4=O)c3)CCOCC2)cc1. The van der Waals surface area contributed by atoms with Crippen LogP contribution in [0.5, 0.6) is 5.75 Å². The summed E-state index contributed by atoms with van der Waals surface area (Å²) in [6.45, 7) is 4.43. The lowest BCUT2D eigenvalue weighted by Gasteiger charge is -2.38. The van der Waals surface area contributed by atoms with Crippen molar-refractivity contribution in [1.29, 1.82) is 0 Å². The van der Waals surface area contributed by atoms with Crippen molar-refractivity contribution >= 4 is 17.7 Å². The van der Waals surface area contributed by atoms with Gasteiger partial charge in [0, 0.05) is 30.7 Å². The van der Waals surface area contributed by atoms with Crippen molar-refractivity contribution in [1.82, 2.24) is 10.2 Å². The first kappa shape index (κ1) is 24.7. The maximum atomic E-state index is 13.2. The fourth-order valence-electron chi connectivity index (χ4n) is 5.13. The number of nitrogens with one attached hydrogen (secondary N) is 1. The zero-order chi connectivity index (χ0) is 25.8. The van der Waals surface area contributed by atoms with E-state index < -0.39 is 0 Å². The molecule has 0 aromatic heterocycles. The van der Waals surface area contributed by atoms with E-state index in [4.69, 9.17) is 9.47 Å². The predicted octanol–water partition coefficient (Wildman–Crippen LogP) is 4.36. The van der Waals surface area contributed by atoms with Gasteiger partial charge in [-0.25, -0.2) is 0 Å². The van der Waals surface area contributed by atoms with E-state index in [1.54, 1.807) is 42.5 Å². The Balaban J connectivity index is 1.28. The number of imide groups is 1. The number of rotatable bonds is 8. The molecule has 2 aliphatic heterocycles. The van der Waals surface area contributed by atoms with E-state index >= 15 is 0 Å². The van der Waals surface area contributed by atoms with Crippen LogP contribution < -0.4 is 10.1 Å². The van der Waals surface area contributed by atoms with Crippen molar-refractivity contribution in [3.8, 4) is 5.75 Å². The van der Waals surface area contributed by atoms with Crippen molar-refractivity contribution < 1.29 is 23.9 Å². The van der Waals surface area contributed by atoms with Gasteiger partial charge in [-0.15, -0.1) is 0 Å². The maximum Gasteiger partial charge on any atom is 0.261 e. The van der Waals surface area contributed by atoms with Crippen LogP contribution in [-0.4, -0.2) is 49.0 Å². The van der Waals surface area contributed by atoms with Crippen LogP contribution in [0.2, 0.25) is 0 Å². The monoisotopic (exact) mass is 498 g/mol. The van der Waals surface area contributed by atoms with Gasteiger partial charge in [-0.05, 0) is 67.3 Å². The Morgan fingerprint density at radius 3 is 2.27 bits per heavy atom. The summed E-state index contributed by atoms with van der Waals surface area (Å²) in [6.07, 6.45) is 1.61. The molecule has 190 valence electrons. The third-order valence-electron chi connectivity index (χ3n) is 7.22. The minimum absolute atomic E-state index is 0.112. The van der Waals surface area contributed by atoms with Gasteiger partial charge in [0.2, 0.25) is 0 Å². The van der Waals surface area contributed by atoms with Gasteiger partial charge in [0.25, 0.3) is 17.7 Å². The molecule has 1 fully saturated rings. The van der Waals surface area contributed by atoms with Crippen molar-refractivity contribution in [2.45, 2.75) is 31.7 Å². The van der Waals surface area contributed by atoms with Gasteiger partial charge in [-0.2, -0.15) is 0 Å². The Kier molecular flexibility index (Phi) is 7.06. The van der Waals surface area contributed by atoms with Gasteiger partial charge in [-0.3, -0.25) is 19.3 Å². The van der Waals surface area contributed by atoms with Crippen LogP contribution in [0.1, 0.15) is 62.0 Å². The maximum absolute atomic E-state index is 13.2. The first-order valence-corrected chi connectivity index (χ1v) is 12.6. The van der Waals surface area contributed by atoms with Crippen LogP contribution >= 0.6 is 0 Å². The lowest BCUT2D eigenvalue weighted by Crippen LogP contribution is -2.44. The number of carbonyl (C=O) groups excluding carboxylic acids is 3. The summed E-state index contributed by atoms with van der Waals surface area (Å²) in [5.74, 6) is 0.00734. The van der Waals surface area contributed by atoms with Crippen LogP contribution in [0.25, 0.3) is 0 Å². The third kappa shape index (κ3) is 5.00. The standard InChI is InChI=1S/C30H30N2O5/c1-2-37-24-12-10-23(11-13-24)30(14-16-36-17-15-30)20-31-27(33)22-7-5-6-21(18-22)19-32-28(34)25-8-3-4-9-26(25)29(32)35/h3-13,18H,2,14-17,19-20H2,1H3,(H,31,33). The minimum Gasteiger partial charge on any atom is -0.494 e. The molecule has 0 aliphatic carbocycles. The Hall–Kier alpha value is -3.97. The molecule has 7 heteroatoms. The van der Waals surface area contributed by atoms with Crippen LogP contribution in [0, 0.1) is 0 Å². The fourth-order valence-corrected chi connectivity index (χ4v) is 5.13. The van der Waals surface area contributed by atoms with E-state index in [0.717, 1.165) is 29.7 Å². The summed E-state index contributed by atoms with van der Waals surface area (Å²) < 4.78 is 11.2. The predicted molar refractivity (Wildman–Crippen MR) is 139 cm³/mol. The first-order valence-electron chi connectivity index (χ1n) is 12.6. The van der Waals surface area contributed by atoms with Gasteiger partial charge in [0.15, 0.2) is 0 Å². The van der Waals surface area contributed by atoms with Crippen molar-refractivity contribution in [2.75, 3.05) is 26.4 Å². The van der Waals surface area contributed by atoms with E-state index in [1.165, 1.54) is 4.90 Å². The van der Waals surface area contributed by atoms with Crippen LogP contribution in [0.4, 0.5) is 0 Å². The minimum atomic E-state index is -0.313. The highest BCUT2D eigenvalue weighted by Crippen LogP contribution is 2.35. The van der Waals surface area contributed by atoms with E-state index in [-0.39, 0.29) is 29.7 Å². The molecule has 7 nitrogen and oxygen atoms in total. The number of nitrogens with zero attached hydrogens (tertiary/aromatic N) is 1. The number of amides is 3. The van der Waals surface area contributed by atoms with Gasteiger partial charge in [0.1, 0.15) is 5.75 Å². The smallest absolute Gasteiger partial charge is 0.261 e. The Bertz CT molecular complexity index is 1280. The zero-order valence-electron chi connectivity index (χ0n) is 20.9. The molecule has 1 saturated heterocycles. The summed E-state index contributed by atoms with van der Waals surface area (Å²) >= 11 is 0. The molecule has 0 unspecified atom stereocenters. The molecule has 0 atom stereocenters. The lowest BCUT2D eigenvalue weighted by molar-refractivity contribution is 0.0487. The number of ether oxygens (including phenoxy) is 2. The van der Waals surface area contributed by atoms with E-state index in [0.29, 0.717) is 43.1 Å². The molecular formula is C30H30N2O5. The van der Waals surface area contributed by atoms with E-state index in [1.807, 2.05) is 25.1 Å². The molecule has 1 N–H and O–H groups in total. The van der Waals surface area contributed by atoms with Gasteiger partial charge < -0.3 is 14.8 Å². The average molecular weight is 499 g/mol. The Morgan fingerprint density at radius 2 is 1.62 bits per heavy atom. The van der Waals surface area contributed by atoms with E-state index in [2.05, 4.69) is 17.4 Å². The molecular weight excluding hydrogens is 468 g/mol. The number of carbonyl (C=O) groups is 3. The molecule has 2 heterocycles. The highest BCUT2D eigenvalue weighted by Gasteiger charge is 2.36. The van der Waals surface area contributed by atoms with Crippen LogP contribution in [0.15, 0.2) is 72.8 Å². The molecule has 0 radical (unpaired) electrons. The number of benzene rings is 3. The zero-order valence-corrected chi connectivity index (χ0v) is 20.9. The van der Waals surface area contributed by atoms with Crippen molar-refractivity contribution in [2.24, 2.45) is 0 Å². The quantitative estimate of drug-likeness (QED) is 0.467. The van der Waals surface area contributed by atoms with E-state index in [9.17, 15) is 14.4 Å². The third-order valence-corrected chi connectivity index (χ3v) is 7.22. The molecule has 3 aromatic carbocycles. The molecule has 0 bridgehead atoms. The second-order valence-electron chi connectivity index (χ2n) is 9.48. The largest absolute Gasteiger partial charge is 0.494 e. The average Bonchev–Trinajstić information content (AvgIpc) is 3.18. The molecule has 2 aliphatic rings. The van der Waals surface area contributed by atoms with Crippen LogP contribution in [0.3, 0.4) is 0 Å². The Labute approximate surface area is 216 Å². The van der Waals surface area contributed by atoms with Crippen molar-refractivity contribution in [3.05, 3.63) is 101 Å². The fraction of sp³-hybridized carbons (Fsp3) is 0.300. The molecule has 5 rings (SSSR count). The first-order chi connectivity index (χ1) is 18.0. The highest BCUT2D eigenvalue weighted by molar-refractivity contribution is 6.21. The molecule has 0 spiro atoms. The highest BCUT2D eigenvalue weighted by atomic mass is 16.5. The topological polar surface area (TPSA) is 84.9 Å². The molecule has 3 amide bonds. The molecule has 37 heavy (non-hydrogen) atoms. The number of hydrogen-bond donors (Lipinski definition) is 1. The van der Waals surface area contributed by atoms with Gasteiger partial charge in [-0.1, -0.05) is 36.4 Å². The number of hydrogen-bond acceptors (Lipinski definition) is 5. The summed E-state index contributed by atoms with van der Waals surface area (Å²) in [4.78, 5) is 39.9. The van der Waals surface area contributed by atoms with Crippen LogP contribution in [-0.2, 0) is 16.7 Å². The molecule has 3 aromatic rings. The summed E-state index contributed by atoms with van der Waals surface area (Å²) in [6, 6.07) is 22.0. The second kappa shape index (κ2) is 10.6. The summed E-state index contributed by atoms with van der Waals surface area (Å²) in [5, 5.41) is 3.13. The van der Waals surface area contributed by atoms with Gasteiger partial charge >= 0.3 is 0 Å². The molecule has 0 saturated carbocycles. The summed E-state index contributed by atoms with van der Waals surface area (Å²) in [7, 11) is 0. The second-order valence-corrected chi connectivity index (χ2v) is 9.48. The van der Waals surface area contributed by atoms with Gasteiger partial charge in [0.05, 0.1) is 24.3 Å². The lowest BCUT2D eigenvalue weighted by atomic mass is 9.74.